The van der Waals surface area contributed by atoms with Gasteiger partial charge in [0, 0.05) is 25.6 Å². The number of amides is 1. The maximum atomic E-state index is 12.7. The number of hydrogen-bond acceptors (Lipinski definition) is 4. The topological polar surface area (TPSA) is 75.7 Å². The van der Waals surface area contributed by atoms with Crippen LogP contribution in [0.2, 0.25) is 0 Å². The Bertz CT molecular complexity index is 641. The SMILES string of the molecule is CS(=O)(=O)N1CCC(C(=O)NCCCOc2ccc(F)cc2)CC1. The molecule has 8 heteroatoms. The van der Waals surface area contributed by atoms with Crippen LogP contribution >= 0.6 is 0 Å². The average Bonchev–Trinajstić information content (AvgIpc) is 2.55. The molecule has 1 aliphatic heterocycles. The van der Waals surface area contributed by atoms with Gasteiger partial charge >= 0.3 is 0 Å². The van der Waals surface area contributed by atoms with E-state index < -0.39 is 10.0 Å². The van der Waals surface area contributed by atoms with Gasteiger partial charge in [-0.05, 0) is 43.5 Å². The number of halogens is 1. The van der Waals surface area contributed by atoms with Crippen molar-refractivity contribution >= 4 is 15.9 Å². The number of nitrogens with zero attached hydrogens (tertiary/aromatic N) is 1. The molecular formula is C16H23FN2O4S. The van der Waals surface area contributed by atoms with E-state index in [1.54, 1.807) is 12.1 Å². The minimum absolute atomic E-state index is 0.0371. The summed E-state index contributed by atoms with van der Waals surface area (Å²) in [6.07, 6.45) is 2.93. The van der Waals surface area contributed by atoms with Crippen LogP contribution in [0.15, 0.2) is 24.3 Å². The van der Waals surface area contributed by atoms with Crippen molar-refractivity contribution in [1.29, 1.82) is 0 Å². The number of sulfonamides is 1. The molecule has 1 aromatic rings. The molecule has 1 amide bonds. The molecule has 0 bridgehead atoms. The van der Waals surface area contributed by atoms with Crippen molar-refractivity contribution in [3.63, 3.8) is 0 Å². The van der Waals surface area contributed by atoms with Crippen LogP contribution in [0.5, 0.6) is 5.75 Å². The standard InChI is InChI=1S/C16H23FN2O4S/c1-24(21,22)19-10-7-13(8-11-19)16(20)18-9-2-12-23-15-5-3-14(17)4-6-15/h3-6,13H,2,7-12H2,1H3,(H,18,20). The molecule has 0 atom stereocenters. The van der Waals surface area contributed by atoms with Crippen molar-refractivity contribution in [3.05, 3.63) is 30.1 Å². The molecule has 0 aliphatic carbocycles. The van der Waals surface area contributed by atoms with E-state index in [0.717, 1.165) is 0 Å². The first-order chi connectivity index (χ1) is 11.4. The molecule has 0 aromatic heterocycles. The van der Waals surface area contributed by atoms with Crippen LogP contribution in [0, 0.1) is 11.7 Å². The highest BCUT2D eigenvalue weighted by Gasteiger charge is 2.28. The fraction of sp³-hybridized carbons (Fsp3) is 0.562. The van der Waals surface area contributed by atoms with Crippen LogP contribution in [0.3, 0.4) is 0 Å². The molecule has 24 heavy (non-hydrogen) atoms. The van der Waals surface area contributed by atoms with E-state index in [0.29, 0.717) is 51.3 Å². The molecule has 2 rings (SSSR count). The smallest absolute Gasteiger partial charge is 0.223 e. The van der Waals surface area contributed by atoms with E-state index in [-0.39, 0.29) is 17.6 Å². The van der Waals surface area contributed by atoms with E-state index in [1.807, 2.05) is 0 Å². The third-order valence-electron chi connectivity index (χ3n) is 4.00. The quantitative estimate of drug-likeness (QED) is 0.747. The number of rotatable bonds is 7. The summed E-state index contributed by atoms with van der Waals surface area (Å²) in [7, 11) is -3.17. The zero-order chi connectivity index (χ0) is 17.6. The van der Waals surface area contributed by atoms with Gasteiger partial charge < -0.3 is 10.1 Å². The van der Waals surface area contributed by atoms with Gasteiger partial charge in [-0.2, -0.15) is 0 Å². The molecule has 1 aromatic carbocycles. The number of benzene rings is 1. The third-order valence-corrected chi connectivity index (χ3v) is 5.30. The molecule has 134 valence electrons. The summed E-state index contributed by atoms with van der Waals surface area (Å²) >= 11 is 0. The molecule has 1 heterocycles. The molecule has 1 saturated heterocycles. The average molecular weight is 358 g/mol. The summed E-state index contributed by atoms with van der Waals surface area (Å²) in [6, 6.07) is 5.78. The second-order valence-electron chi connectivity index (χ2n) is 5.88. The lowest BCUT2D eigenvalue weighted by atomic mass is 9.97. The largest absolute Gasteiger partial charge is 0.494 e. The Morgan fingerprint density at radius 3 is 2.50 bits per heavy atom. The molecule has 0 saturated carbocycles. The van der Waals surface area contributed by atoms with Gasteiger partial charge in [0.25, 0.3) is 0 Å². The Kier molecular flexibility index (Phi) is 6.56. The number of carbonyl (C=O) groups excluding carboxylic acids is 1. The monoisotopic (exact) mass is 358 g/mol. The summed E-state index contributed by atoms with van der Waals surface area (Å²) in [5.41, 5.74) is 0. The van der Waals surface area contributed by atoms with Crippen molar-refractivity contribution < 1.29 is 22.3 Å². The number of carbonyl (C=O) groups is 1. The first kappa shape index (κ1) is 18.7. The van der Waals surface area contributed by atoms with E-state index in [4.69, 9.17) is 4.74 Å². The number of nitrogens with one attached hydrogen (secondary N) is 1. The Hall–Kier alpha value is -1.67. The van der Waals surface area contributed by atoms with Crippen LogP contribution in [0.1, 0.15) is 19.3 Å². The Morgan fingerprint density at radius 1 is 1.29 bits per heavy atom. The molecule has 1 fully saturated rings. The molecule has 1 aliphatic rings. The van der Waals surface area contributed by atoms with Crippen LogP contribution in [0.25, 0.3) is 0 Å². The lowest BCUT2D eigenvalue weighted by molar-refractivity contribution is -0.126. The zero-order valence-corrected chi connectivity index (χ0v) is 14.5. The predicted molar refractivity (Wildman–Crippen MR) is 88.7 cm³/mol. The highest BCUT2D eigenvalue weighted by atomic mass is 32.2. The summed E-state index contributed by atoms with van der Waals surface area (Å²) < 4.78 is 42.5. The molecular weight excluding hydrogens is 335 g/mol. The normalized spacial score (nSPS) is 16.8. The van der Waals surface area contributed by atoms with Crippen molar-refractivity contribution in [2.45, 2.75) is 19.3 Å². The predicted octanol–water partition coefficient (Wildman–Crippen LogP) is 1.38. The molecule has 1 N–H and O–H groups in total. The second-order valence-corrected chi connectivity index (χ2v) is 7.87. The van der Waals surface area contributed by atoms with E-state index in [2.05, 4.69) is 5.32 Å². The van der Waals surface area contributed by atoms with Gasteiger partial charge in [-0.1, -0.05) is 0 Å². The van der Waals surface area contributed by atoms with Crippen LogP contribution < -0.4 is 10.1 Å². The van der Waals surface area contributed by atoms with Crippen molar-refractivity contribution in [1.82, 2.24) is 9.62 Å². The lowest BCUT2D eigenvalue weighted by Gasteiger charge is -2.29. The van der Waals surface area contributed by atoms with Crippen molar-refractivity contribution in [3.8, 4) is 5.75 Å². The molecule has 0 radical (unpaired) electrons. The third kappa shape index (κ3) is 5.76. The number of ether oxygens (including phenoxy) is 1. The van der Waals surface area contributed by atoms with Gasteiger partial charge in [-0.3, -0.25) is 4.79 Å². The van der Waals surface area contributed by atoms with Gasteiger partial charge in [-0.15, -0.1) is 0 Å². The fourth-order valence-electron chi connectivity index (χ4n) is 2.60. The molecule has 6 nitrogen and oxygen atoms in total. The van der Waals surface area contributed by atoms with E-state index >= 15 is 0 Å². The van der Waals surface area contributed by atoms with Crippen LogP contribution in [-0.4, -0.2) is 51.1 Å². The Balaban J connectivity index is 1.61. The summed E-state index contributed by atoms with van der Waals surface area (Å²) in [5, 5.41) is 2.85. The Labute approximate surface area is 142 Å². The summed E-state index contributed by atoms with van der Waals surface area (Å²) in [4.78, 5) is 12.1. The number of piperidine rings is 1. The van der Waals surface area contributed by atoms with Crippen LogP contribution in [0.4, 0.5) is 4.39 Å². The van der Waals surface area contributed by atoms with Crippen molar-refractivity contribution in [2.24, 2.45) is 5.92 Å². The van der Waals surface area contributed by atoms with Gasteiger partial charge in [0.2, 0.25) is 15.9 Å². The highest BCUT2D eigenvalue weighted by molar-refractivity contribution is 7.88. The minimum Gasteiger partial charge on any atom is -0.494 e. The first-order valence-electron chi connectivity index (χ1n) is 7.97. The lowest BCUT2D eigenvalue weighted by Crippen LogP contribution is -2.42. The minimum atomic E-state index is -3.17. The molecule has 0 unspecified atom stereocenters. The second kappa shape index (κ2) is 8.43. The maximum Gasteiger partial charge on any atom is 0.223 e. The van der Waals surface area contributed by atoms with Crippen molar-refractivity contribution in [2.75, 3.05) is 32.5 Å². The van der Waals surface area contributed by atoms with E-state index in [1.165, 1.54) is 22.7 Å². The fourth-order valence-corrected chi connectivity index (χ4v) is 3.47. The van der Waals surface area contributed by atoms with Gasteiger partial charge in [-0.25, -0.2) is 17.1 Å². The van der Waals surface area contributed by atoms with Gasteiger partial charge in [0.1, 0.15) is 11.6 Å². The van der Waals surface area contributed by atoms with Gasteiger partial charge in [0.05, 0.1) is 12.9 Å². The van der Waals surface area contributed by atoms with E-state index in [9.17, 15) is 17.6 Å². The highest BCUT2D eigenvalue weighted by Crippen LogP contribution is 2.19. The number of hydrogen-bond donors (Lipinski definition) is 1. The molecule has 0 spiro atoms. The van der Waals surface area contributed by atoms with Gasteiger partial charge in [0.15, 0.2) is 0 Å². The zero-order valence-electron chi connectivity index (χ0n) is 13.7. The maximum absolute atomic E-state index is 12.7. The summed E-state index contributed by atoms with van der Waals surface area (Å²) in [5.74, 6) is 0.110. The first-order valence-corrected chi connectivity index (χ1v) is 9.82. The van der Waals surface area contributed by atoms with Crippen LogP contribution in [-0.2, 0) is 14.8 Å². The summed E-state index contributed by atoms with van der Waals surface area (Å²) in [6.45, 7) is 1.71. The Morgan fingerprint density at radius 2 is 1.92 bits per heavy atom.